The first-order chi connectivity index (χ1) is 7.84. The number of Topliss-reactive ketones (excluding diaryl/α,β-unsaturated/α-hetero) is 1. The van der Waals surface area contributed by atoms with Crippen molar-refractivity contribution in [2.75, 3.05) is 0 Å². The summed E-state index contributed by atoms with van der Waals surface area (Å²) in [5.74, 6) is 0.142. The Morgan fingerprint density at radius 3 is 2.41 bits per heavy atom. The molecule has 5 nitrogen and oxygen atoms in total. The van der Waals surface area contributed by atoms with Crippen LogP contribution >= 0.6 is 0 Å². The van der Waals surface area contributed by atoms with Gasteiger partial charge >= 0.3 is 5.69 Å². The predicted molar refractivity (Wildman–Crippen MR) is 65.4 cm³/mol. The molecule has 0 aliphatic carbocycles. The molecule has 0 unspecified atom stereocenters. The number of aryl methyl sites for hydroxylation is 1. The molecule has 1 heterocycles. The Balaban J connectivity index is 3.28. The summed E-state index contributed by atoms with van der Waals surface area (Å²) in [6.07, 6.45) is 2.20. The Labute approximate surface area is 99.7 Å². The highest BCUT2D eigenvalue weighted by Crippen LogP contribution is 2.01. The number of nitrogens with zero attached hydrogens (tertiary/aromatic N) is 2. The van der Waals surface area contributed by atoms with Gasteiger partial charge in [0.05, 0.1) is 5.56 Å². The van der Waals surface area contributed by atoms with E-state index in [0.29, 0.717) is 12.5 Å². The molecular weight excluding hydrogens is 220 g/mol. The molecule has 94 valence electrons. The van der Waals surface area contributed by atoms with E-state index in [-0.39, 0.29) is 17.0 Å². The van der Waals surface area contributed by atoms with Gasteiger partial charge in [-0.3, -0.25) is 18.7 Å². The van der Waals surface area contributed by atoms with Crippen LogP contribution < -0.4 is 11.2 Å². The van der Waals surface area contributed by atoms with Crippen molar-refractivity contribution < 1.29 is 4.79 Å². The Bertz CT molecular complexity index is 538. The topological polar surface area (TPSA) is 61.1 Å². The monoisotopic (exact) mass is 238 g/mol. The van der Waals surface area contributed by atoms with Gasteiger partial charge in [-0.15, -0.1) is 0 Å². The van der Waals surface area contributed by atoms with Crippen LogP contribution in [0.4, 0.5) is 0 Å². The van der Waals surface area contributed by atoms with Crippen LogP contribution in [0.15, 0.2) is 15.8 Å². The largest absolute Gasteiger partial charge is 0.330 e. The molecule has 1 aromatic rings. The summed E-state index contributed by atoms with van der Waals surface area (Å²) < 4.78 is 2.41. The number of rotatable bonds is 4. The fourth-order valence-electron chi connectivity index (χ4n) is 1.53. The molecule has 0 saturated carbocycles. The van der Waals surface area contributed by atoms with E-state index in [0.717, 1.165) is 11.0 Å². The van der Waals surface area contributed by atoms with Crippen LogP contribution in [0.1, 0.15) is 37.6 Å². The Morgan fingerprint density at radius 2 is 1.94 bits per heavy atom. The molecule has 0 aromatic carbocycles. The maximum atomic E-state index is 11.8. The lowest BCUT2D eigenvalue weighted by atomic mass is 10.1. The lowest BCUT2D eigenvalue weighted by Crippen LogP contribution is -2.40. The van der Waals surface area contributed by atoms with Crippen molar-refractivity contribution in [2.45, 2.75) is 33.7 Å². The third-order valence-corrected chi connectivity index (χ3v) is 2.68. The van der Waals surface area contributed by atoms with Gasteiger partial charge in [0.15, 0.2) is 5.78 Å². The molecule has 0 atom stereocenters. The summed E-state index contributed by atoms with van der Waals surface area (Å²) >= 11 is 0. The van der Waals surface area contributed by atoms with E-state index in [9.17, 15) is 14.4 Å². The Kier molecular flexibility index (Phi) is 4.04. The van der Waals surface area contributed by atoms with Gasteiger partial charge in [-0.25, -0.2) is 4.79 Å². The zero-order valence-electron chi connectivity index (χ0n) is 10.7. The smallest absolute Gasteiger partial charge is 0.300 e. The number of hydrogen-bond acceptors (Lipinski definition) is 3. The average Bonchev–Trinajstić information content (AvgIpc) is 2.24. The first-order valence-electron chi connectivity index (χ1n) is 5.66. The molecule has 17 heavy (non-hydrogen) atoms. The molecule has 1 aromatic heterocycles. The first-order valence-corrected chi connectivity index (χ1v) is 5.66. The van der Waals surface area contributed by atoms with Crippen LogP contribution in [0.2, 0.25) is 0 Å². The molecular formula is C12H18N2O3. The van der Waals surface area contributed by atoms with Crippen molar-refractivity contribution in [2.24, 2.45) is 13.0 Å². The average molecular weight is 238 g/mol. The van der Waals surface area contributed by atoms with Crippen molar-refractivity contribution >= 4 is 5.78 Å². The van der Waals surface area contributed by atoms with Gasteiger partial charge in [0, 0.05) is 19.8 Å². The SMILES string of the molecule is CC(=O)c1cn(CCC(C)C)c(=O)n(C)c1=O. The van der Waals surface area contributed by atoms with Gasteiger partial charge in [0.2, 0.25) is 0 Å². The molecule has 0 N–H and O–H groups in total. The third-order valence-electron chi connectivity index (χ3n) is 2.68. The standard InChI is InChI=1S/C12H18N2O3/c1-8(2)5-6-14-7-10(9(3)15)11(16)13(4)12(14)17/h7-8H,5-6H2,1-4H3. The summed E-state index contributed by atoms with van der Waals surface area (Å²) in [4.78, 5) is 34.7. The minimum atomic E-state index is -0.525. The number of carbonyl (C=O) groups excluding carboxylic acids is 1. The normalized spacial score (nSPS) is 10.9. The summed E-state index contributed by atoms with van der Waals surface area (Å²) in [5, 5.41) is 0. The maximum Gasteiger partial charge on any atom is 0.330 e. The lowest BCUT2D eigenvalue weighted by molar-refractivity contribution is 0.101. The number of hydrogen-bond donors (Lipinski definition) is 0. The zero-order valence-corrected chi connectivity index (χ0v) is 10.7. The van der Waals surface area contributed by atoms with E-state index < -0.39 is 5.56 Å². The summed E-state index contributed by atoms with van der Waals surface area (Å²) in [6, 6.07) is 0. The van der Waals surface area contributed by atoms with E-state index in [2.05, 4.69) is 13.8 Å². The van der Waals surface area contributed by atoms with Gasteiger partial charge in [0.1, 0.15) is 0 Å². The highest BCUT2D eigenvalue weighted by Gasteiger charge is 2.12. The van der Waals surface area contributed by atoms with Crippen molar-refractivity contribution in [3.05, 3.63) is 32.6 Å². The second kappa shape index (κ2) is 5.12. The van der Waals surface area contributed by atoms with E-state index in [1.165, 1.54) is 24.7 Å². The van der Waals surface area contributed by atoms with Gasteiger partial charge in [-0.1, -0.05) is 13.8 Å². The van der Waals surface area contributed by atoms with E-state index >= 15 is 0 Å². The highest BCUT2D eigenvalue weighted by atomic mass is 16.2. The van der Waals surface area contributed by atoms with Crippen molar-refractivity contribution in [3.63, 3.8) is 0 Å². The molecule has 0 radical (unpaired) electrons. The highest BCUT2D eigenvalue weighted by molar-refractivity contribution is 5.93. The molecule has 0 spiro atoms. The molecule has 1 rings (SSSR count). The summed E-state index contributed by atoms with van der Waals surface area (Å²) in [7, 11) is 1.39. The molecule has 0 amide bonds. The second-order valence-electron chi connectivity index (χ2n) is 4.62. The fraction of sp³-hybridized carbons (Fsp3) is 0.583. The minimum Gasteiger partial charge on any atom is -0.300 e. The Morgan fingerprint density at radius 1 is 1.35 bits per heavy atom. The van der Waals surface area contributed by atoms with Crippen molar-refractivity contribution in [1.29, 1.82) is 0 Å². The van der Waals surface area contributed by atoms with Crippen LogP contribution in [0, 0.1) is 5.92 Å². The first kappa shape index (κ1) is 13.4. The Hall–Kier alpha value is -1.65. The zero-order chi connectivity index (χ0) is 13.2. The molecule has 0 aliphatic rings. The molecule has 0 saturated heterocycles. The number of aromatic nitrogens is 2. The summed E-state index contributed by atoms with van der Waals surface area (Å²) in [6.45, 7) is 5.96. The number of carbonyl (C=O) groups is 1. The molecule has 0 bridgehead atoms. The third kappa shape index (κ3) is 2.93. The van der Waals surface area contributed by atoms with Gasteiger partial charge < -0.3 is 0 Å². The molecule has 5 heteroatoms. The molecule has 0 aliphatic heterocycles. The molecule has 0 fully saturated rings. The summed E-state index contributed by atoms with van der Waals surface area (Å²) in [5.41, 5.74) is -0.834. The van der Waals surface area contributed by atoms with Crippen LogP contribution in [-0.2, 0) is 13.6 Å². The maximum absolute atomic E-state index is 11.8. The number of ketones is 1. The predicted octanol–water partition coefficient (Wildman–Crippen LogP) is 0.796. The van der Waals surface area contributed by atoms with Gasteiger partial charge in [-0.2, -0.15) is 0 Å². The lowest BCUT2D eigenvalue weighted by Gasteiger charge is -2.10. The minimum absolute atomic E-state index is 0.0656. The van der Waals surface area contributed by atoms with Gasteiger partial charge in [-0.05, 0) is 19.3 Å². The quantitative estimate of drug-likeness (QED) is 0.729. The van der Waals surface area contributed by atoms with Crippen molar-refractivity contribution in [1.82, 2.24) is 9.13 Å². The fourth-order valence-corrected chi connectivity index (χ4v) is 1.53. The van der Waals surface area contributed by atoms with Crippen LogP contribution in [0.25, 0.3) is 0 Å². The van der Waals surface area contributed by atoms with E-state index in [4.69, 9.17) is 0 Å². The van der Waals surface area contributed by atoms with E-state index in [1.54, 1.807) is 0 Å². The second-order valence-corrected chi connectivity index (χ2v) is 4.62. The van der Waals surface area contributed by atoms with Crippen LogP contribution in [0.5, 0.6) is 0 Å². The van der Waals surface area contributed by atoms with Crippen LogP contribution in [0.3, 0.4) is 0 Å². The van der Waals surface area contributed by atoms with Crippen molar-refractivity contribution in [3.8, 4) is 0 Å². The van der Waals surface area contributed by atoms with Gasteiger partial charge in [0.25, 0.3) is 5.56 Å². The van der Waals surface area contributed by atoms with Crippen LogP contribution in [-0.4, -0.2) is 14.9 Å². The van der Waals surface area contributed by atoms with E-state index in [1.807, 2.05) is 0 Å².